The Labute approximate surface area is 95.6 Å². The first-order valence-corrected chi connectivity index (χ1v) is 5.38. The lowest BCUT2D eigenvalue weighted by atomic mass is 10.2. The highest BCUT2D eigenvalue weighted by Gasteiger charge is 2.22. The molecule has 1 amide bonds. The number of benzene rings is 1. The van der Waals surface area contributed by atoms with E-state index in [4.69, 9.17) is 12.2 Å². The molecule has 0 radical (unpaired) electrons. The summed E-state index contributed by atoms with van der Waals surface area (Å²) < 4.78 is 13.7. The summed E-state index contributed by atoms with van der Waals surface area (Å²) in [7, 11) is 0. The Hall–Kier alpha value is -1.20. The van der Waals surface area contributed by atoms with Gasteiger partial charge in [-0.15, -0.1) is 0 Å². The number of thioether (sulfide) groups is 1. The van der Waals surface area contributed by atoms with E-state index in [2.05, 4.69) is 5.32 Å². The van der Waals surface area contributed by atoms with Crippen molar-refractivity contribution in [2.45, 2.75) is 0 Å². The van der Waals surface area contributed by atoms with E-state index in [1.807, 2.05) is 0 Å². The van der Waals surface area contributed by atoms with Crippen molar-refractivity contribution in [3.63, 3.8) is 0 Å². The predicted octanol–water partition coefficient (Wildman–Crippen LogP) is 2.31. The van der Waals surface area contributed by atoms with Crippen LogP contribution in [0.25, 0.3) is 6.08 Å². The predicted molar refractivity (Wildman–Crippen MR) is 62.7 cm³/mol. The Morgan fingerprint density at radius 1 is 1.40 bits per heavy atom. The van der Waals surface area contributed by atoms with E-state index in [1.165, 1.54) is 12.1 Å². The molecular weight excluding hydrogens is 233 g/mol. The third-order valence-corrected chi connectivity index (χ3v) is 3.00. The van der Waals surface area contributed by atoms with Gasteiger partial charge < -0.3 is 5.32 Å². The van der Waals surface area contributed by atoms with Gasteiger partial charge in [0.25, 0.3) is 5.91 Å². The monoisotopic (exact) mass is 239 g/mol. The average molecular weight is 239 g/mol. The van der Waals surface area contributed by atoms with E-state index in [1.54, 1.807) is 18.2 Å². The molecule has 0 aliphatic carbocycles. The molecule has 5 heteroatoms. The van der Waals surface area contributed by atoms with Crippen molar-refractivity contribution in [2.75, 3.05) is 0 Å². The molecular formula is C10H6FNOS2. The molecule has 1 aliphatic heterocycles. The van der Waals surface area contributed by atoms with Gasteiger partial charge in [0, 0.05) is 5.56 Å². The minimum Gasteiger partial charge on any atom is -0.307 e. The van der Waals surface area contributed by atoms with Crippen molar-refractivity contribution in [1.82, 2.24) is 5.32 Å². The van der Waals surface area contributed by atoms with Crippen LogP contribution in [0.4, 0.5) is 4.39 Å². The Bertz CT molecular complexity index is 470. The zero-order valence-electron chi connectivity index (χ0n) is 7.49. The molecule has 1 saturated heterocycles. The van der Waals surface area contributed by atoms with Crippen LogP contribution < -0.4 is 5.32 Å². The first-order valence-electron chi connectivity index (χ1n) is 4.16. The summed E-state index contributed by atoms with van der Waals surface area (Å²) >= 11 is 5.96. The largest absolute Gasteiger partial charge is 0.307 e. The Morgan fingerprint density at radius 2 is 2.13 bits per heavy atom. The number of thiocarbonyl (C=S) groups is 1. The van der Waals surface area contributed by atoms with Crippen LogP contribution >= 0.6 is 24.0 Å². The fraction of sp³-hybridized carbons (Fsp3) is 0. The van der Waals surface area contributed by atoms with Gasteiger partial charge in [-0.05, 0) is 12.1 Å². The molecule has 2 nitrogen and oxygen atoms in total. The highest BCUT2D eigenvalue weighted by molar-refractivity contribution is 8.26. The lowest BCUT2D eigenvalue weighted by Crippen LogP contribution is -2.17. The maximum absolute atomic E-state index is 13.2. The van der Waals surface area contributed by atoms with Gasteiger partial charge in [0.05, 0.1) is 4.91 Å². The number of amides is 1. The van der Waals surface area contributed by atoms with Crippen LogP contribution in [-0.4, -0.2) is 10.2 Å². The van der Waals surface area contributed by atoms with Gasteiger partial charge >= 0.3 is 0 Å². The van der Waals surface area contributed by atoms with Crippen molar-refractivity contribution >= 4 is 40.3 Å². The van der Waals surface area contributed by atoms with Crippen LogP contribution in [0, 0.1) is 5.82 Å². The highest BCUT2D eigenvalue weighted by atomic mass is 32.2. The summed E-state index contributed by atoms with van der Waals surface area (Å²) in [5, 5.41) is 2.47. The number of carbonyl (C=O) groups excluding carboxylic acids is 1. The minimum atomic E-state index is -0.351. The molecule has 0 aromatic heterocycles. The maximum atomic E-state index is 13.2. The van der Waals surface area contributed by atoms with Gasteiger partial charge in [0.2, 0.25) is 0 Å². The van der Waals surface area contributed by atoms with E-state index in [9.17, 15) is 9.18 Å². The molecule has 1 heterocycles. The van der Waals surface area contributed by atoms with Gasteiger partial charge in [-0.25, -0.2) is 4.39 Å². The minimum absolute atomic E-state index is 0.270. The van der Waals surface area contributed by atoms with E-state index < -0.39 is 0 Å². The summed E-state index contributed by atoms with van der Waals surface area (Å²) in [6.45, 7) is 0. The number of rotatable bonds is 1. The lowest BCUT2D eigenvalue weighted by Gasteiger charge is -1.96. The highest BCUT2D eigenvalue weighted by Crippen LogP contribution is 2.26. The Morgan fingerprint density at radius 3 is 2.73 bits per heavy atom. The molecule has 0 spiro atoms. The SMILES string of the molecule is O=C1NC(=S)S/C1=C/c1ccccc1F. The first-order chi connectivity index (χ1) is 7.16. The number of hydrogen-bond donors (Lipinski definition) is 1. The molecule has 0 bridgehead atoms. The summed E-state index contributed by atoms with van der Waals surface area (Å²) in [5.41, 5.74) is 0.389. The first kappa shape index (κ1) is 10.3. The van der Waals surface area contributed by atoms with Crippen molar-refractivity contribution in [2.24, 2.45) is 0 Å². The Balaban J connectivity index is 2.35. The molecule has 1 aromatic carbocycles. The maximum Gasteiger partial charge on any atom is 0.263 e. The van der Waals surface area contributed by atoms with Crippen molar-refractivity contribution in [3.8, 4) is 0 Å². The van der Waals surface area contributed by atoms with Gasteiger partial charge in [-0.3, -0.25) is 4.79 Å². The van der Waals surface area contributed by atoms with Crippen molar-refractivity contribution in [1.29, 1.82) is 0 Å². The molecule has 76 valence electrons. The third-order valence-electron chi connectivity index (χ3n) is 1.83. The molecule has 0 saturated carbocycles. The fourth-order valence-electron chi connectivity index (χ4n) is 1.15. The molecule has 1 aliphatic rings. The summed E-state index contributed by atoms with van der Waals surface area (Å²) in [4.78, 5) is 11.7. The molecule has 0 unspecified atom stereocenters. The summed E-state index contributed by atoms with van der Waals surface area (Å²) in [6.07, 6.45) is 1.49. The van der Waals surface area contributed by atoms with Crippen LogP contribution in [0.1, 0.15) is 5.56 Å². The quantitative estimate of drug-likeness (QED) is 0.602. The van der Waals surface area contributed by atoms with Gasteiger partial charge in [-0.2, -0.15) is 0 Å². The zero-order chi connectivity index (χ0) is 10.8. The van der Waals surface area contributed by atoms with E-state index in [0.717, 1.165) is 11.8 Å². The fourth-order valence-corrected chi connectivity index (χ4v) is 2.19. The molecule has 15 heavy (non-hydrogen) atoms. The van der Waals surface area contributed by atoms with Crippen LogP contribution in [0.5, 0.6) is 0 Å². The van der Waals surface area contributed by atoms with Gasteiger partial charge in [0.15, 0.2) is 0 Å². The zero-order valence-corrected chi connectivity index (χ0v) is 9.12. The van der Waals surface area contributed by atoms with E-state index in [-0.39, 0.29) is 11.7 Å². The lowest BCUT2D eigenvalue weighted by molar-refractivity contribution is -0.115. The summed E-state index contributed by atoms with van der Waals surface area (Å²) in [5.74, 6) is -0.621. The molecule has 2 rings (SSSR count). The smallest absolute Gasteiger partial charge is 0.263 e. The molecule has 1 aromatic rings. The van der Waals surface area contributed by atoms with Crippen LogP contribution in [0.15, 0.2) is 29.2 Å². The second-order valence-corrected chi connectivity index (χ2v) is 4.59. The number of nitrogens with one attached hydrogen (secondary N) is 1. The molecule has 0 atom stereocenters. The molecule has 1 fully saturated rings. The third kappa shape index (κ3) is 2.24. The van der Waals surface area contributed by atoms with E-state index in [0.29, 0.717) is 14.8 Å². The van der Waals surface area contributed by atoms with Crippen LogP contribution in [0.3, 0.4) is 0 Å². The number of halogens is 1. The Kier molecular flexibility index (Phi) is 2.83. The van der Waals surface area contributed by atoms with Crippen molar-refractivity contribution < 1.29 is 9.18 Å². The van der Waals surface area contributed by atoms with Gasteiger partial charge in [0.1, 0.15) is 10.1 Å². The van der Waals surface area contributed by atoms with Gasteiger partial charge in [-0.1, -0.05) is 42.2 Å². The summed E-state index contributed by atoms with van der Waals surface area (Å²) in [6, 6.07) is 6.27. The number of hydrogen-bond acceptors (Lipinski definition) is 3. The number of carbonyl (C=O) groups is 1. The van der Waals surface area contributed by atoms with Crippen LogP contribution in [-0.2, 0) is 4.79 Å². The molecule has 1 N–H and O–H groups in total. The average Bonchev–Trinajstić information content (AvgIpc) is 2.49. The second-order valence-electron chi connectivity index (χ2n) is 2.87. The topological polar surface area (TPSA) is 29.1 Å². The second kappa shape index (κ2) is 4.12. The van der Waals surface area contributed by atoms with Crippen molar-refractivity contribution in [3.05, 3.63) is 40.6 Å². The normalized spacial score (nSPS) is 18.3. The van der Waals surface area contributed by atoms with E-state index >= 15 is 0 Å². The van der Waals surface area contributed by atoms with Crippen LogP contribution in [0.2, 0.25) is 0 Å². The standard InChI is InChI=1S/C10H6FNOS2/c11-7-4-2-1-3-6(7)5-8-9(13)12-10(14)15-8/h1-5H,(H,12,13,14)/b8-5+.